The minimum Gasteiger partial charge on any atom is -0.506 e. The highest BCUT2D eigenvalue weighted by Gasteiger charge is 2.18. The van der Waals surface area contributed by atoms with Crippen molar-refractivity contribution in [3.8, 4) is 17.0 Å². The van der Waals surface area contributed by atoms with E-state index in [0.29, 0.717) is 21.6 Å². The van der Waals surface area contributed by atoms with Gasteiger partial charge in [-0.2, -0.15) is 5.10 Å². The van der Waals surface area contributed by atoms with Crippen molar-refractivity contribution >= 4 is 22.5 Å². The molecule has 5 nitrogen and oxygen atoms in total. The largest absolute Gasteiger partial charge is 0.506 e. The van der Waals surface area contributed by atoms with E-state index in [2.05, 4.69) is 10.1 Å². The highest BCUT2D eigenvalue weighted by atomic mass is 35.5. The summed E-state index contributed by atoms with van der Waals surface area (Å²) in [6.45, 7) is 7.68. The van der Waals surface area contributed by atoms with Crippen LogP contribution in [0.2, 0.25) is 5.02 Å². The molecule has 0 aliphatic heterocycles. The molecule has 2 heterocycles. The normalized spacial score (nSPS) is 10.5. The van der Waals surface area contributed by atoms with Gasteiger partial charge in [-0.3, -0.25) is 9.48 Å². The molecule has 3 rings (SSSR count). The van der Waals surface area contributed by atoms with Gasteiger partial charge >= 0.3 is 0 Å². The second-order valence-corrected chi connectivity index (χ2v) is 5.53. The highest BCUT2D eigenvalue weighted by Crippen LogP contribution is 2.34. The molecule has 2 N–H and O–H groups in total. The molecule has 23 heavy (non-hydrogen) atoms. The van der Waals surface area contributed by atoms with E-state index >= 15 is 0 Å². The van der Waals surface area contributed by atoms with Crippen LogP contribution in [0.4, 0.5) is 0 Å². The van der Waals surface area contributed by atoms with Gasteiger partial charge in [0.1, 0.15) is 11.3 Å². The van der Waals surface area contributed by atoms with Crippen LogP contribution in [-0.2, 0) is 7.05 Å². The molecule has 6 heteroatoms. The SMILES string of the molecule is CC.Cc1cc(-c2c(O)c3cc(C)c(Cl)cc3[nH]c2=O)n(C)n1. The average molecular weight is 334 g/mol. The van der Waals surface area contributed by atoms with E-state index in [1.54, 1.807) is 29.9 Å². The fourth-order valence-corrected chi connectivity index (χ4v) is 2.65. The molecule has 0 radical (unpaired) electrons. The van der Waals surface area contributed by atoms with Crippen molar-refractivity contribution in [2.24, 2.45) is 7.05 Å². The molecule has 3 aromatic rings. The predicted octanol–water partition coefficient (Wildman–Crippen LogP) is 3.93. The Balaban J connectivity index is 0.000000924. The summed E-state index contributed by atoms with van der Waals surface area (Å²) in [5.41, 5.74) is 2.53. The van der Waals surface area contributed by atoms with Crippen molar-refractivity contribution in [1.82, 2.24) is 14.8 Å². The van der Waals surface area contributed by atoms with Crippen LogP contribution in [0.5, 0.6) is 5.75 Å². The number of aryl methyl sites for hydroxylation is 3. The van der Waals surface area contributed by atoms with E-state index in [0.717, 1.165) is 11.3 Å². The van der Waals surface area contributed by atoms with Gasteiger partial charge in [0.15, 0.2) is 0 Å². The molecule has 122 valence electrons. The molecule has 0 aliphatic carbocycles. The standard InChI is InChI=1S/C15H14ClN3O2.C2H6/c1-7-4-9-11(6-10(7)16)17-15(21)13(14(9)20)12-5-8(2)18-19(12)3;1-2/h4-6H,1-3H3,(H2,17,20,21);1-2H3. The Morgan fingerprint density at radius 2 is 1.87 bits per heavy atom. The summed E-state index contributed by atoms with van der Waals surface area (Å²) in [5, 5.41) is 15.8. The first-order valence-electron chi connectivity index (χ1n) is 7.44. The van der Waals surface area contributed by atoms with Gasteiger partial charge in [0.25, 0.3) is 5.56 Å². The van der Waals surface area contributed by atoms with Crippen LogP contribution in [-0.4, -0.2) is 19.9 Å². The molecule has 0 spiro atoms. The minimum absolute atomic E-state index is 0.0588. The van der Waals surface area contributed by atoms with E-state index in [-0.39, 0.29) is 16.9 Å². The number of aromatic amines is 1. The third-order valence-corrected chi connectivity index (χ3v) is 3.93. The summed E-state index contributed by atoms with van der Waals surface area (Å²) in [6.07, 6.45) is 0. The fourth-order valence-electron chi connectivity index (χ4n) is 2.49. The van der Waals surface area contributed by atoms with Crippen LogP contribution < -0.4 is 5.56 Å². The molecule has 0 saturated heterocycles. The van der Waals surface area contributed by atoms with Crippen molar-refractivity contribution in [3.63, 3.8) is 0 Å². The first-order valence-corrected chi connectivity index (χ1v) is 7.82. The average Bonchev–Trinajstić information content (AvgIpc) is 2.82. The van der Waals surface area contributed by atoms with Crippen molar-refractivity contribution in [2.75, 3.05) is 0 Å². The quantitative estimate of drug-likeness (QED) is 0.708. The molecule has 0 unspecified atom stereocenters. The number of nitrogens with one attached hydrogen (secondary N) is 1. The van der Waals surface area contributed by atoms with Gasteiger partial charge in [0.2, 0.25) is 0 Å². The summed E-state index contributed by atoms with van der Waals surface area (Å²) in [4.78, 5) is 15.1. The van der Waals surface area contributed by atoms with Gasteiger partial charge in [-0.25, -0.2) is 0 Å². The highest BCUT2D eigenvalue weighted by molar-refractivity contribution is 6.32. The van der Waals surface area contributed by atoms with Crippen molar-refractivity contribution in [3.05, 3.63) is 44.8 Å². The molecule has 0 fully saturated rings. The third-order valence-electron chi connectivity index (χ3n) is 3.52. The van der Waals surface area contributed by atoms with Crippen LogP contribution in [0.3, 0.4) is 0 Å². The van der Waals surface area contributed by atoms with Crippen LogP contribution in [0.15, 0.2) is 23.0 Å². The Kier molecular flexibility index (Phi) is 4.80. The molecule has 2 aromatic heterocycles. The number of pyridine rings is 1. The second-order valence-electron chi connectivity index (χ2n) is 5.12. The smallest absolute Gasteiger partial charge is 0.261 e. The number of hydrogen-bond donors (Lipinski definition) is 2. The minimum atomic E-state index is -0.372. The van der Waals surface area contributed by atoms with Crippen LogP contribution in [0.1, 0.15) is 25.1 Å². The second kappa shape index (κ2) is 6.46. The topological polar surface area (TPSA) is 70.9 Å². The Bertz CT molecular complexity index is 926. The summed E-state index contributed by atoms with van der Waals surface area (Å²) in [5.74, 6) is -0.0588. The Hall–Kier alpha value is -2.27. The van der Waals surface area contributed by atoms with Crippen LogP contribution in [0.25, 0.3) is 22.2 Å². The number of H-pyrrole nitrogens is 1. The van der Waals surface area contributed by atoms with E-state index < -0.39 is 0 Å². The number of fused-ring (bicyclic) bond motifs is 1. The maximum absolute atomic E-state index is 12.3. The van der Waals surface area contributed by atoms with Crippen molar-refractivity contribution < 1.29 is 5.11 Å². The molecule has 0 atom stereocenters. The van der Waals surface area contributed by atoms with Crippen LogP contribution >= 0.6 is 11.6 Å². The summed E-state index contributed by atoms with van der Waals surface area (Å²) >= 11 is 6.06. The lowest BCUT2D eigenvalue weighted by atomic mass is 10.1. The molecule has 0 aliphatic rings. The van der Waals surface area contributed by atoms with Crippen molar-refractivity contribution in [2.45, 2.75) is 27.7 Å². The Labute approximate surface area is 139 Å². The number of aromatic nitrogens is 3. The fraction of sp³-hybridized carbons (Fsp3) is 0.294. The summed E-state index contributed by atoms with van der Waals surface area (Å²) in [7, 11) is 1.73. The molecule has 0 amide bonds. The van der Waals surface area contributed by atoms with Gasteiger partial charge in [-0.05, 0) is 37.6 Å². The number of rotatable bonds is 1. The maximum atomic E-state index is 12.3. The molecule has 1 aromatic carbocycles. The van der Waals surface area contributed by atoms with Gasteiger partial charge < -0.3 is 10.1 Å². The zero-order chi connectivity index (χ0) is 17.3. The Morgan fingerprint density at radius 3 is 2.43 bits per heavy atom. The van der Waals surface area contributed by atoms with E-state index in [1.165, 1.54) is 0 Å². The Morgan fingerprint density at radius 1 is 1.22 bits per heavy atom. The van der Waals surface area contributed by atoms with Gasteiger partial charge in [0.05, 0.1) is 16.9 Å². The first kappa shape index (κ1) is 17.1. The summed E-state index contributed by atoms with van der Waals surface area (Å²) < 4.78 is 1.58. The number of benzene rings is 1. The molecular weight excluding hydrogens is 314 g/mol. The van der Waals surface area contributed by atoms with Crippen molar-refractivity contribution in [1.29, 1.82) is 0 Å². The van der Waals surface area contributed by atoms with Gasteiger partial charge in [-0.1, -0.05) is 25.4 Å². The molecule has 0 saturated carbocycles. The van der Waals surface area contributed by atoms with Gasteiger partial charge in [-0.15, -0.1) is 0 Å². The lowest BCUT2D eigenvalue weighted by Crippen LogP contribution is -2.11. The lowest BCUT2D eigenvalue weighted by molar-refractivity contribution is 0.482. The van der Waals surface area contributed by atoms with E-state index in [1.807, 2.05) is 27.7 Å². The number of nitrogens with zero attached hydrogens (tertiary/aromatic N) is 2. The first-order chi connectivity index (χ1) is 10.9. The maximum Gasteiger partial charge on any atom is 0.261 e. The number of aromatic hydroxyl groups is 1. The third kappa shape index (κ3) is 2.97. The molecule has 0 bridgehead atoms. The lowest BCUT2D eigenvalue weighted by Gasteiger charge is -2.09. The van der Waals surface area contributed by atoms with E-state index in [4.69, 9.17) is 11.6 Å². The monoisotopic (exact) mass is 333 g/mol. The zero-order valence-corrected chi connectivity index (χ0v) is 14.6. The number of hydrogen-bond acceptors (Lipinski definition) is 3. The van der Waals surface area contributed by atoms with E-state index in [9.17, 15) is 9.90 Å². The predicted molar refractivity (Wildman–Crippen MR) is 94.3 cm³/mol. The van der Waals surface area contributed by atoms with Crippen LogP contribution in [0, 0.1) is 13.8 Å². The molecular formula is C17H20ClN3O2. The number of halogens is 1. The zero-order valence-electron chi connectivity index (χ0n) is 13.9. The summed E-state index contributed by atoms with van der Waals surface area (Å²) in [6, 6.07) is 5.17. The van der Waals surface area contributed by atoms with Gasteiger partial charge in [0, 0.05) is 17.5 Å².